The summed E-state index contributed by atoms with van der Waals surface area (Å²) in [5.41, 5.74) is 3.10. The Morgan fingerprint density at radius 2 is 1.91 bits per heavy atom. The van der Waals surface area contributed by atoms with E-state index >= 15 is 0 Å². The normalized spacial score (nSPS) is 11.5. The van der Waals surface area contributed by atoms with Crippen LogP contribution in [-0.4, -0.2) is 23.5 Å². The Morgan fingerprint density at radius 3 is 2.68 bits per heavy atom. The van der Waals surface area contributed by atoms with Crippen molar-refractivity contribution < 1.29 is 0 Å². The molecule has 0 aliphatic heterocycles. The van der Waals surface area contributed by atoms with Crippen LogP contribution < -0.4 is 5.56 Å². The number of nitrogens with zero attached hydrogens (tertiary/aromatic N) is 5. The van der Waals surface area contributed by atoms with Crippen molar-refractivity contribution in [3.05, 3.63) is 64.5 Å². The SMILES string of the molecule is Cc1cnc2n(C)c3c(ncn3Cc3ccccc3)c(=O)n12. The minimum Gasteiger partial charge on any atom is -0.312 e. The second kappa shape index (κ2) is 4.56. The van der Waals surface area contributed by atoms with E-state index in [-0.39, 0.29) is 5.56 Å². The highest BCUT2D eigenvalue weighted by atomic mass is 16.1. The third kappa shape index (κ3) is 1.70. The Balaban J connectivity index is 2.01. The van der Waals surface area contributed by atoms with Crippen molar-refractivity contribution in [3.8, 4) is 0 Å². The smallest absolute Gasteiger partial charge is 0.287 e. The van der Waals surface area contributed by atoms with Crippen LogP contribution in [0.3, 0.4) is 0 Å². The van der Waals surface area contributed by atoms with Crippen LogP contribution in [0, 0.1) is 6.92 Å². The molecule has 4 rings (SSSR count). The molecule has 0 aliphatic rings. The van der Waals surface area contributed by atoms with Crippen molar-refractivity contribution in [2.24, 2.45) is 7.05 Å². The fourth-order valence-corrected chi connectivity index (χ4v) is 2.89. The van der Waals surface area contributed by atoms with Crippen LogP contribution >= 0.6 is 0 Å². The van der Waals surface area contributed by atoms with Crippen LogP contribution in [0.15, 0.2) is 47.7 Å². The lowest BCUT2D eigenvalue weighted by atomic mass is 10.2. The zero-order chi connectivity index (χ0) is 15.3. The molecule has 0 saturated heterocycles. The highest BCUT2D eigenvalue weighted by molar-refractivity contribution is 5.73. The van der Waals surface area contributed by atoms with E-state index < -0.39 is 0 Å². The molecule has 0 amide bonds. The van der Waals surface area contributed by atoms with Crippen LogP contribution in [0.2, 0.25) is 0 Å². The van der Waals surface area contributed by atoms with E-state index in [9.17, 15) is 4.79 Å². The van der Waals surface area contributed by atoms with Crippen molar-refractivity contribution in [1.29, 1.82) is 0 Å². The Kier molecular flexibility index (Phi) is 2.66. The number of rotatable bonds is 2. The summed E-state index contributed by atoms with van der Waals surface area (Å²) in [4.78, 5) is 21.3. The topological polar surface area (TPSA) is 57.1 Å². The van der Waals surface area contributed by atoms with E-state index in [1.165, 1.54) is 0 Å². The number of benzene rings is 1. The van der Waals surface area contributed by atoms with E-state index in [1.807, 2.05) is 41.3 Å². The van der Waals surface area contributed by atoms with Crippen molar-refractivity contribution in [2.45, 2.75) is 13.5 Å². The van der Waals surface area contributed by atoms with Crippen molar-refractivity contribution in [2.75, 3.05) is 0 Å². The number of hydrogen-bond donors (Lipinski definition) is 0. The first-order valence-corrected chi connectivity index (χ1v) is 7.08. The second-order valence-electron chi connectivity index (χ2n) is 5.43. The molecule has 0 unspecified atom stereocenters. The fraction of sp³-hybridized carbons (Fsp3) is 0.188. The highest BCUT2D eigenvalue weighted by Crippen LogP contribution is 2.14. The summed E-state index contributed by atoms with van der Waals surface area (Å²) in [5.74, 6) is 0.629. The molecule has 0 radical (unpaired) electrons. The van der Waals surface area contributed by atoms with Crippen molar-refractivity contribution in [1.82, 2.24) is 23.5 Å². The molecule has 0 bridgehead atoms. The van der Waals surface area contributed by atoms with Gasteiger partial charge in [0.25, 0.3) is 5.56 Å². The molecule has 3 heterocycles. The van der Waals surface area contributed by atoms with Crippen LogP contribution in [0.1, 0.15) is 11.3 Å². The second-order valence-corrected chi connectivity index (χ2v) is 5.43. The number of fused-ring (bicyclic) bond motifs is 2. The monoisotopic (exact) mass is 293 g/mol. The molecular formula is C16H15N5O. The molecule has 0 N–H and O–H groups in total. The molecular weight excluding hydrogens is 278 g/mol. The zero-order valence-corrected chi connectivity index (χ0v) is 12.4. The summed E-state index contributed by atoms with van der Waals surface area (Å²) < 4.78 is 5.50. The minimum absolute atomic E-state index is 0.120. The lowest BCUT2D eigenvalue weighted by Gasteiger charge is -2.09. The van der Waals surface area contributed by atoms with E-state index in [2.05, 4.69) is 22.1 Å². The van der Waals surface area contributed by atoms with Gasteiger partial charge in [-0.25, -0.2) is 14.4 Å². The van der Waals surface area contributed by atoms with Gasteiger partial charge in [0.2, 0.25) is 5.78 Å². The van der Waals surface area contributed by atoms with Gasteiger partial charge in [0.15, 0.2) is 5.52 Å². The first-order valence-electron chi connectivity index (χ1n) is 7.08. The molecule has 0 aliphatic carbocycles. The average Bonchev–Trinajstić information content (AvgIpc) is 3.11. The Bertz CT molecular complexity index is 1040. The van der Waals surface area contributed by atoms with Gasteiger partial charge in [-0.05, 0) is 12.5 Å². The van der Waals surface area contributed by atoms with Gasteiger partial charge in [-0.2, -0.15) is 0 Å². The van der Waals surface area contributed by atoms with Gasteiger partial charge in [0.1, 0.15) is 5.65 Å². The van der Waals surface area contributed by atoms with Crippen LogP contribution in [0.5, 0.6) is 0 Å². The predicted octanol–water partition coefficient (Wildman–Crippen LogP) is 1.74. The maximum Gasteiger partial charge on any atom is 0.287 e. The first-order chi connectivity index (χ1) is 10.7. The quantitative estimate of drug-likeness (QED) is 0.565. The zero-order valence-electron chi connectivity index (χ0n) is 12.4. The summed E-state index contributed by atoms with van der Waals surface area (Å²) in [7, 11) is 1.91. The number of hydrogen-bond acceptors (Lipinski definition) is 3. The molecule has 110 valence electrons. The first kappa shape index (κ1) is 12.8. The average molecular weight is 293 g/mol. The molecule has 3 aromatic heterocycles. The summed E-state index contributed by atoms with van der Waals surface area (Å²) in [6.07, 6.45) is 3.42. The van der Waals surface area contributed by atoms with Crippen LogP contribution in [0.25, 0.3) is 16.9 Å². The molecule has 6 nitrogen and oxygen atoms in total. The minimum atomic E-state index is -0.120. The molecule has 6 heteroatoms. The molecule has 4 aromatic rings. The van der Waals surface area contributed by atoms with Crippen molar-refractivity contribution >= 4 is 16.9 Å². The molecule has 0 atom stereocenters. The summed E-state index contributed by atoms with van der Waals surface area (Å²) >= 11 is 0. The lowest BCUT2D eigenvalue weighted by molar-refractivity contribution is 0.777. The van der Waals surface area contributed by atoms with E-state index in [0.717, 1.165) is 16.9 Å². The van der Waals surface area contributed by atoms with Gasteiger partial charge >= 0.3 is 0 Å². The third-order valence-corrected chi connectivity index (χ3v) is 3.95. The molecule has 1 aromatic carbocycles. The molecule has 0 spiro atoms. The Labute approximate surface area is 126 Å². The maximum atomic E-state index is 12.6. The molecule has 22 heavy (non-hydrogen) atoms. The predicted molar refractivity (Wildman–Crippen MR) is 84.0 cm³/mol. The van der Waals surface area contributed by atoms with Gasteiger partial charge < -0.3 is 4.57 Å². The fourth-order valence-electron chi connectivity index (χ4n) is 2.89. The lowest BCUT2D eigenvalue weighted by Crippen LogP contribution is -2.19. The van der Waals surface area contributed by atoms with Gasteiger partial charge in [-0.3, -0.25) is 9.36 Å². The van der Waals surface area contributed by atoms with E-state index in [4.69, 9.17) is 0 Å². The Hall–Kier alpha value is -2.89. The Morgan fingerprint density at radius 1 is 1.14 bits per heavy atom. The summed E-state index contributed by atoms with van der Waals surface area (Å²) in [6.45, 7) is 2.54. The number of aromatic nitrogens is 5. The number of imidazole rings is 2. The highest BCUT2D eigenvalue weighted by Gasteiger charge is 2.16. The van der Waals surface area contributed by atoms with Crippen LogP contribution in [0.4, 0.5) is 0 Å². The third-order valence-electron chi connectivity index (χ3n) is 3.95. The number of aryl methyl sites for hydroxylation is 2. The van der Waals surface area contributed by atoms with Gasteiger partial charge in [-0.1, -0.05) is 30.3 Å². The summed E-state index contributed by atoms with van der Waals surface area (Å²) in [6, 6.07) is 10.1. The summed E-state index contributed by atoms with van der Waals surface area (Å²) in [5, 5.41) is 0. The van der Waals surface area contributed by atoms with Gasteiger partial charge in [0, 0.05) is 12.7 Å². The van der Waals surface area contributed by atoms with Crippen molar-refractivity contribution in [3.63, 3.8) is 0 Å². The van der Waals surface area contributed by atoms with Gasteiger partial charge in [-0.15, -0.1) is 0 Å². The van der Waals surface area contributed by atoms with E-state index in [0.29, 0.717) is 17.8 Å². The van der Waals surface area contributed by atoms with Crippen LogP contribution in [-0.2, 0) is 13.6 Å². The van der Waals surface area contributed by atoms with E-state index in [1.54, 1.807) is 16.9 Å². The molecule has 0 fully saturated rings. The van der Waals surface area contributed by atoms with Gasteiger partial charge in [0.05, 0.1) is 19.1 Å². The standard InChI is InChI=1S/C16H15N5O/c1-11-8-17-16-19(2)14-13(15(22)21(11)16)18-10-20(14)9-12-6-4-3-5-7-12/h3-8,10H,9H2,1-2H3. The molecule has 0 saturated carbocycles. The maximum absolute atomic E-state index is 12.6. The largest absolute Gasteiger partial charge is 0.312 e.